The molecule has 1 saturated heterocycles. The molecule has 0 spiro atoms. The largest absolute Gasteiger partial charge is 0.325 e. The van der Waals surface area contributed by atoms with Crippen molar-refractivity contribution in [3.63, 3.8) is 0 Å². The predicted molar refractivity (Wildman–Crippen MR) is 110 cm³/mol. The van der Waals surface area contributed by atoms with Crippen molar-refractivity contribution in [2.75, 3.05) is 18.4 Å². The first-order valence-electron chi connectivity index (χ1n) is 9.32. The number of piperidine rings is 1. The number of hydrogen-bond acceptors (Lipinski definition) is 5. The zero-order chi connectivity index (χ0) is 21.5. The fraction of sp³-hybridized carbons (Fsp3) is 0.250. The molecule has 2 heterocycles. The number of anilines is 1. The number of nitrogens with zero attached hydrogens (tertiary/aromatic N) is 1. The van der Waals surface area contributed by atoms with Gasteiger partial charge in [0.2, 0.25) is 15.9 Å². The Balaban J connectivity index is 1.43. The number of carbonyl (C=O) groups excluding carboxylic acids is 3. The van der Waals surface area contributed by atoms with E-state index >= 15 is 0 Å². The van der Waals surface area contributed by atoms with E-state index in [1.165, 1.54) is 34.6 Å². The van der Waals surface area contributed by atoms with E-state index in [4.69, 9.17) is 11.6 Å². The third-order valence-electron chi connectivity index (χ3n) is 5.30. The van der Waals surface area contributed by atoms with Crippen LogP contribution in [-0.4, -0.2) is 43.5 Å². The van der Waals surface area contributed by atoms with Crippen LogP contribution in [0.3, 0.4) is 0 Å². The zero-order valence-electron chi connectivity index (χ0n) is 15.7. The topological polar surface area (TPSA) is 113 Å². The highest BCUT2D eigenvalue weighted by Crippen LogP contribution is 2.28. The first-order chi connectivity index (χ1) is 14.3. The van der Waals surface area contributed by atoms with E-state index in [0.29, 0.717) is 17.9 Å². The van der Waals surface area contributed by atoms with Gasteiger partial charge < -0.3 is 5.32 Å². The highest BCUT2D eigenvalue weighted by molar-refractivity contribution is 7.89. The number of imide groups is 1. The molecule has 0 atom stereocenters. The van der Waals surface area contributed by atoms with Crippen molar-refractivity contribution in [3.8, 4) is 0 Å². The molecule has 0 radical (unpaired) electrons. The van der Waals surface area contributed by atoms with Crippen molar-refractivity contribution in [1.82, 2.24) is 9.62 Å². The summed E-state index contributed by atoms with van der Waals surface area (Å²) in [7, 11) is -3.66. The van der Waals surface area contributed by atoms with E-state index in [1.54, 1.807) is 12.1 Å². The molecule has 3 amide bonds. The lowest BCUT2D eigenvalue weighted by molar-refractivity contribution is -0.120. The lowest BCUT2D eigenvalue weighted by atomic mass is 9.96. The number of hydrogen-bond donors (Lipinski definition) is 2. The van der Waals surface area contributed by atoms with Crippen molar-refractivity contribution >= 4 is 45.0 Å². The summed E-state index contributed by atoms with van der Waals surface area (Å²) in [5, 5.41) is 5.38. The number of fused-ring (bicyclic) bond motifs is 1. The summed E-state index contributed by atoms with van der Waals surface area (Å²) in [6, 6.07) is 10.6. The molecule has 4 rings (SSSR count). The van der Waals surface area contributed by atoms with Crippen molar-refractivity contribution in [2.24, 2.45) is 5.92 Å². The van der Waals surface area contributed by atoms with E-state index in [-0.39, 0.29) is 40.7 Å². The molecule has 0 bridgehead atoms. The van der Waals surface area contributed by atoms with Crippen molar-refractivity contribution in [2.45, 2.75) is 17.7 Å². The first kappa shape index (κ1) is 20.5. The van der Waals surface area contributed by atoms with Crippen molar-refractivity contribution in [3.05, 3.63) is 58.6 Å². The van der Waals surface area contributed by atoms with Crippen LogP contribution in [0.25, 0.3) is 0 Å². The van der Waals surface area contributed by atoms with E-state index in [2.05, 4.69) is 10.6 Å². The Morgan fingerprint density at radius 2 is 1.70 bits per heavy atom. The van der Waals surface area contributed by atoms with Gasteiger partial charge >= 0.3 is 0 Å². The van der Waals surface area contributed by atoms with Crippen LogP contribution in [0.2, 0.25) is 5.02 Å². The fourth-order valence-electron chi connectivity index (χ4n) is 3.67. The van der Waals surface area contributed by atoms with Gasteiger partial charge in [-0.15, -0.1) is 0 Å². The van der Waals surface area contributed by atoms with Crippen LogP contribution in [0, 0.1) is 5.92 Å². The van der Waals surface area contributed by atoms with Crippen LogP contribution >= 0.6 is 11.6 Å². The highest BCUT2D eigenvalue weighted by atomic mass is 35.5. The second-order valence-corrected chi connectivity index (χ2v) is 9.51. The number of benzene rings is 2. The third kappa shape index (κ3) is 3.71. The zero-order valence-corrected chi connectivity index (χ0v) is 17.3. The maximum absolute atomic E-state index is 12.8. The van der Waals surface area contributed by atoms with Gasteiger partial charge in [0.15, 0.2) is 0 Å². The summed E-state index contributed by atoms with van der Waals surface area (Å²) in [6.45, 7) is 0.407. The Kier molecular flexibility index (Phi) is 5.35. The van der Waals surface area contributed by atoms with E-state index in [1.807, 2.05) is 0 Å². The molecule has 2 N–H and O–H groups in total. The number of amides is 3. The van der Waals surface area contributed by atoms with Crippen LogP contribution < -0.4 is 10.6 Å². The Labute approximate surface area is 178 Å². The Hall–Kier alpha value is -2.75. The molecule has 2 aromatic rings. The molecule has 0 saturated carbocycles. The predicted octanol–water partition coefficient (Wildman–Crippen LogP) is 2.26. The molecule has 30 heavy (non-hydrogen) atoms. The van der Waals surface area contributed by atoms with Gasteiger partial charge in [-0.25, -0.2) is 8.42 Å². The van der Waals surface area contributed by atoms with E-state index in [0.717, 1.165) is 0 Å². The molecule has 8 nitrogen and oxygen atoms in total. The van der Waals surface area contributed by atoms with Crippen LogP contribution in [0.4, 0.5) is 5.69 Å². The average Bonchev–Trinajstić information content (AvgIpc) is 3.03. The summed E-state index contributed by atoms with van der Waals surface area (Å²) in [6.07, 6.45) is 0.692. The fourth-order valence-corrected chi connectivity index (χ4v) is 5.27. The number of halogens is 1. The van der Waals surface area contributed by atoms with Crippen LogP contribution in [0.1, 0.15) is 33.6 Å². The van der Waals surface area contributed by atoms with Crippen LogP contribution in [-0.2, 0) is 14.8 Å². The monoisotopic (exact) mass is 447 g/mol. The standard InChI is InChI=1S/C20H18ClN3O5S/c21-13-4-6-14(7-5-13)30(28,29)24-10-8-12(9-11-24)18(25)22-16-3-1-2-15-17(16)20(27)23-19(15)26/h1-7,12H,8-11H2,(H,22,25)(H,23,26,27). The maximum atomic E-state index is 12.8. The van der Waals surface area contributed by atoms with Gasteiger partial charge in [0.05, 0.1) is 21.7 Å². The van der Waals surface area contributed by atoms with Gasteiger partial charge in [-0.05, 0) is 49.2 Å². The van der Waals surface area contributed by atoms with E-state index in [9.17, 15) is 22.8 Å². The Bertz CT molecular complexity index is 1140. The molecular formula is C20H18ClN3O5S. The second kappa shape index (κ2) is 7.82. The Morgan fingerprint density at radius 3 is 2.37 bits per heavy atom. The maximum Gasteiger partial charge on any atom is 0.261 e. The lowest BCUT2D eigenvalue weighted by Gasteiger charge is -2.30. The number of rotatable bonds is 4. The SMILES string of the molecule is O=C1NC(=O)c2c(NC(=O)C3CCN(S(=O)(=O)c4ccc(Cl)cc4)CC3)cccc21. The lowest BCUT2D eigenvalue weighted by Crippen LogP contribution is -2.41. The van der Waals surface area contributed by atoms with Gasteiger partial charge in [0.1, 0.15) is 0 Å². The molecule has 0 aromatic heterocycles. The molecule has 1 fully saturated rings. The molecule has 0 unspecified atom stereocenters. The molecule has 156 valence electrons. The van der Waals surface area contributed by atoms with Gasteiger partial charge in [0, 0.05) is 24.0 Å². The van der Waals surface area contributed by atoms with Gasteiger partial charge in [-0.2, -0.15) is 4.31 Å². The molecule has 2 aromatic carbocycles. The summed E-state index contributed by atoms with van der Waals surface area (Å²) < 4.78 is 26.9. The summed E-state index contributed by atoms with van der Waals surface area (Å²) >= 11 is 5.82. The molecule has 2 aliphatic rings. The highest BCUT2D eigenvalue weighted by Gasteiger charge is 2.34. The molecule has 0 aliphatic carbocycles. The van der Waals surface area contributed by atoms with Crippen molar-refractivity contribution in [1.29, 1.82) is 0 Å². The normalized spacial score (nSPS) is 17.5. The first-order valence-corrected chi connectivity index (χ1v) is 11.1. The number of carbonyl (C=O) groups is 3. The summed E-state index contributed by atoms with van der Waals surface area (Å²) in [5.41, 5.74) is 0.650. The summed E-state index contributed by atoms with van der Waals surface area (Å²) in [5.74, 6) is -1.75. The van der Waals surface area contributed by atoms with Gasteiger partial charge in [0.25, 0.3) is 11.8 Å². The minimum Gasteiger partial charge on any atom is -0.325 e. The minimum absolute atomic E-state index is 0.151. The van der Waals surface area contributed by atoms with Crippen molar-refractivity contribution < 1.29 is 22.8 Å². The van der Waals surface area contributed by atoms with Gasteiger partial charge in [-0.3, -0.25) is 19.7 Å². The molecule has 10 heteroatoms. The quantitative estimate of drug-likeness (QED) is 0.698. The third-order valence-corrected chi connectivity index (χ3v) is 7.46. The molecular weight excluding hydrogens is 430 g/mol. The van der Waals surface area contributed by atoms with Gasteiger partial charge in [-0.1, -0.05) is 17.7 Å². The number of nitrogens with one attached hydrogen (secondary N) is 2. The Morgan fingerprint density at radius 1 is 1.03 bits per heavy atom. The minimum atomic E-state index is -3.66. The average molecular weight is 448 g/mol. The second-order valence-electron chi connectivity index (χ2n) is 7.13. The smallest absolute Gasteiger partial charge is 0.261 e. The summed E-state index contributed by atoms with van der Waals surface area (Å²) in [4.78, 5) is 36.6. The van der Waals surface area contributed by atoms with Crippen LogP contribution in [0.5, 0.6) is 0 Å². The van der Waals surface area contributed by atoms with Crippen LogP contribution in [0.15, 0.2) is 47.4 Å². The number of sulfonamides is 1. The van der Waals surface area contributed by atoms with E-state index < -0.39 is 27.8 Å². The molecule has 2 aliphatic heterocycles.